The third-order valence-electron chi connectivity index (χ3n) is 3.07. The summed E-state index contributed by atoms with van der Waals surface area (Å²) in [5.74, 6) is 0. The van der Waals surface area contributed by atoms with Gasteiger partial charge in [0.1, 0.15) is 0 Å². The average Bonchev–Trinajstić information content (AvgIpc) is 2.54. The van der Waals surface area contributed by atoms with Crippen LogP contribution in [0.25, 0.3) is 0 Å². The van der Waals surface area contributed by atoms with Crippen LogP contribution in [0.1, 0.15) is 39.5 Å². The van der Waals surface area contributed by atoms with Crippen LogP contribution >= 0.6 is 0 Å². The molecule has 0 saturated heterocycles. The SMILES string of the molecule is CC1(C)CCCC(Nc2cn[nH]c2)C1. The predicted octanol–water partition coefficient (Wildman–Crippen LogP) is 2.79. The van der Waals surface area contributed by atoms with E-state index in [9.17, 15) is 0 Å². The molecule has 1 aromatic heterocycles. The van der Waals surface area contributed by atoms with E-state index in [4.69, 9.17) is 0 Å². The highest BCUT2D eigenvalue weighted by atomic mass is 15.1. The van der Waals surface area contributed by atoms with E-state index in [1.165, 1.54) is 25.7 Å². The fourth-order valence-corrected chi connectivity index (χ4v) is 2.39. The highest BCUT2D eigenvalue weighted by Crippen LogP contribution is 2.36. The maximum Gasteiger partial charge on any atom is 0.0725 e. The number of aromatic amines is 1. The van der Waals surface area contributed by atoms with Gasteiger partial charge in [-0.1, -0.05) is 20.3 Å². The number of aromatic nitrogens is 2. The molecule has 1 heterocycles. The molecule has 2 N–H and O–H groups in total. The van der Waals surface area contributed by atoms with Crippen molar-refractivity contribution in [3.8, 4) is 0 Å². The van der Waals surface area contributed by atoms with Crippen LogP contribution in [0.2, 0.25) is 0 Å². The topological polar surface area (TPSA) is 40.7 Å². The van der Waals surface area contributed by atoms with Crippen LogP contribution in [0.3, 0.4) is 0 Å². The fraction of sp³-hybridized carbons (Fsp3) is 0.727. The van der Waals surface area contributed by atoms with Crippen molar-refractivity contribution in [1.29, 1.82) is 0 Å². The van der Waals surface area contributed by atoms with E-state index < -0.39 is 0 Å². The molecule has 1 unspecified atom stereocenters. The summed E-state index contributed by atoms with van der Waals surface area (Å²) in [6, 6.07) is 0.622. The highest BCUT2D eigenvalue weighted by Gasteiger charge is 2.27. The Bertz CT molecular complexity index is 277. The Hall–Kier alpha value is -0.990. The van der Waals surface area contributed by atoms with E-state index in [0.29, 0.717) is 11.5 Å². The normalized spacial score (nSPS) is 26.0. The van der Waals surface area contributed by atoms with E-state index in [1.807, 2.05) is 12.4 Å². The number of nitrogens with zero attached hydrogens (tertiary/aromatic N) is 1. The van der Waals surface area contributed by atoms with Crippen molar-refractivity contribution in [2.24, 2.45) is 5.41 Å². The van der Waals surface area contributed by atoms with Crippen LogP contribution in [0, 0.1) is 5.41 Å². The van der Waals surface area contributed by atoms with E-state index in [2.05, 4.69) is 29.4 Å². The molecule has 0 radical (unpaired) electrons. The highest BCUT2D eigenvalue weighted by molar-refractivity contribution is 5.38. The molecular weight excluding hydrogens is 174 g/mol. The lowest BCUT2D eigenvalue weighted by atomic mass is 9.75. The van der Waals surface area contributed by atoms with E-state index in [1.54, 1.807) is 0 Å². The van der Waals surface area contributed by atoms with Gasteiger partial charge in [0.2, 0.25) is 0 Å². The summed E-state index contributed by atoms with van der Waals surface area (Å²) in [6.07, 6.45) is 9.01. The van der Waals surface area contributed by atoms with Crippen LogP contribution in [0.15, 0.2) is 12.4 Å². The van der Waals surface area contributed by atoms with E-state index in [-0.39, 0.29) is 0 Å². The molecule has 0 bridgehead atoms. The van der Waals surface area contributed by atoms with Gasteiger partial charge in [-0.15, -0.1) is 0 Å². The maximum atomic E-state index is 3.94. The van der Waals surface area contributed by atoms with Crippen molar-refractivity contribution >= 4 is 5.69 Å². The Morgan fingerprint density at radius 1 is 1.57 bits per heavy atom. The number of rotatable bonds is 2. The average molecular weight is 193 g/mol. The maximum absolute atomic E-state index is 3.94. The molecule has 3 nitrogen and oxygen atoms in total. The second-order valence-electron chi connectivity index (χ2n) is 5.09. The van der Waals surface area contributed by atoms with Gasteiger partial charge >= 0.3 is 0 Å². The Kier molecular flexibility index (Phi) is 2.48. The Labute approximate surface area is 85.3 Å². The summed E-state index contributed by atoms with van der Waals surface area (Å²) < 4.78 is 0. The number of nitrogens with one attached hydrogen (secondary N) is 2. The van der Waals surface area contributed by atoms with E-state index >= 15 is 0 Å². The number of hydrogen-bond donors (Lipinski definition) is 2. The summed E-state index contributed by atoms with van der Waals surface area (Å²) in [4.78, 5) is 0. The van der Waals surface area contributed by atoms with Gasteiger partial charge in [-0.05, 0) is 24.7 Å². The summed E-state index contributed by atoms with van der Waals surface area (Å²) in [5.41, 5.74) is 1.62. The summed E-state index contributed by atoms with van der Waals surface area (Å²) in [7, 11) is 0. The third-order valence-corrected chi connectivity index (χ3v) is 3.07. The molecule has 1 fully saturated rings. The minimum absolute atomic E-state index is 0.500. The minimum Gasteiger partial charge on any atom is -0.380 e. The minimum atomic E-state index is 0.500. The standard InChI is InChI=1S/C11H19N3/c1-11(2)5-3-4-9(6-11)14-10-7-12-13-8-10/h7-9,14H,3-6H2,1-2H3,(H,12,13). The van der Waals surface area contributed by atoms with Gasteiger partial charge in [0.25, 0.3) is 0 Å². The first-order valence-corrected chi connectivity index (χ1v) is 5.41. The zero-order valence-corrected chi connectivity index (χ0v) is 9.01. The number of anilines is 1. The first-order valence-electron chi connectivity index (χ1n) is 5.41. The first-order chi connectivity index (χ1) is 6.66. The van der Waals surface area contributed by atoms with Gasteiger partial charge in [-0.3, -0.25) is 5.10 Å². The Morgan fingerprint density at radius 3 is 3.07 bits per heavy atom. The van der Waals surface area contributed by atoms with Crippen LogP contribution < -0.4 is 5.32 Å². The van der Waals surface area contributed by atoms with Gasteiger partial charge < -0.3 is 5.32 Å². The van der Waals surface area contributed by atoms with E-state index in [0.717, 1.165) is 5.69 Å². The van der Waals surface area contributed by atoms with Crippen LogP contribution in [0.4, 0.5) is 5.69 Å². The van der Waals surface area contributed by atoms with Crippen molar-refractivity contribution in [2.45, 2.75) is 45.6 Å². The summed E-state index contributed by atoms with van der Waals surface area (Å²) in [6.45, 7) is 4.71. The van der Waals surface area contributed by atoms with Crippen molar-refractivity contribution in [2.75, 3.05) is 5.32 Å². The lowest BCUT2D eigenvalue weighted by Crippen LogP contribution is -2.31. The Balaban J connectivity index is 1.92. The second kappa shape index (κ2) is 3.64. The number of hydrogen-bond acceptors (Lipinski definition) is 2. The summed E-state index contributed by atoms with van der Waals surface area (Å²) in [5, 5.41) is 10.3. The molecule has 0 amide bonds. The molecule has 1 saturated carbocycles. The largest absolute Gasteiger partial charge is 0.380 e. The molecule has 1 atom stereocenters. The van der Waals surface area contributed by atoms with Gasteiger partial charge in [0.15, 0.2) is 0 Å². The van der Waals surface area contributed by atoms with Crippen molar-refractivity contribution in [3.63, 3.8) is 0 Å². The fourth-order valence-electron chi connectivity index (χ4n) is 2.39. The van der Waals surface area contributed by atoms with Crippen molar-refractivity contribution < 1.29 is 0 Å². The van der Waals surface area contributed by atoms with Crippen LogP contribution in [0.5, 0.6) is 0 Å². The first kappa shape index (κ1) is 9.56. The zero-order chi connectivity index (χ0) is 10.0. The van der Waals surface area contributed by atoms with Crippen molar-refractivity contribution in [3.05, 3.63) is 12.4 Å². The van der Waals surface area contributed by atoms with Gasteiger partial charge in [-0.2, -0.15) is 5.10 Å². The lowest BCUT2D eigenvalue weighted by Gasteiger charge is -2.35. The second-order valence-corrected chi connectivity index (χ2v) is 5.09. The monoisotopic (exact) mass is 193 g/mol. The molecule has 1 aliphatic rings. The zero-order valence-electron chi connectivity index (χ0n) is 9.01. The smallest absolute Gasteiger partial charge is 0.0725 e. The molecular formula is C11H19N3. The molecule has 1 aliphatic carbocycles. The molecule has 1 aromatic rings. The molecule has 0 aromatic carbocycles. The summed E-state index contributed by atoms with van der Waals surface area (Å²) >= 11 is 0. The van der Waals surface area contributed by atoms with Gasteiger partial charge in [0, 0.05) is 12.2 Å². The molecule has 0 spiro atoms. The van der Waals surface area contributed by atoms with Crippen molar-refractivity contribution in [1.82, 2.24) is 10.2 Å². The van der Waals surface area contributed by atoms with Gasteiger partial charge in [-0.25, -0.2) is 0 Å². The Morgan fingerprint density at radius 2 is 2.43 bits per heavy atom. The molecule has 0 aliphatic heterocycles. The molecule has 14 heavy (non-hydrogen) atoms. The predicted molar refractivity (Wildman–Crippen MR) is 58.2 cm³/mol. The van der Waals surface area contributed by atoms with Crippen LogP contribution in [-0.2, 0) is 0 Å². The van der Waals surface area contributed by atoms with Gasteiger partial charge in [0.05, 0.1) is 11.9 Å². The number of H-pyrrole nitrogens is 1. The van der Waals surface area contributed by atoms with Crippen LogP contribution in [-0.4, -0.2) is 16.2 Å². The lowest BCUT2D eigenvalue weighted by molar-refractivity contribution is 0.229. The molecule has 2 rings (SSSR count). The quantitative estimate of drug-likeness (QED) is 0.758. The molecule has 3 heteroatoms. The molecule has 78 valence electrons. The third kappa shape index (κ3) is 2.28.